The number of methoxy groups -OCH3 is 1. The van der Waals surface area contributed by atoms with Gasteiger partial charge in [-0.3, -0.25) is 4.79 Å². The number of carbonyl (C=O) groups excluding carboxylic acids is 1. The lowest BCUT2D eigenvalue weighted by Gasteiger charge is -2.13. The SMILES string of the molecule is COc1ccc(Cl)cc1NC(=O)/C(C#N)=C\Nc1ccccc1C(C)C. The molecule has 2 rings (SSSR count). The molecule has 0 fully saturated rings. The van der Waals surface area contributed by atoms with Crippen LogP contribution >= 0.6 is 11.6 Å². The zero-order valence-electron chi connectivity index (χ0n) is 14.8. The van der Waals surface area contributed by atoms with Crippen LogP contribution in [-0.2, 0) is 4.79 Å². The average Bonchev–Trinajstić information content (AvgIpc) is 2.62. The molecule has 0 aliphatic rings. The highest BCUT2D eigenvalue weighted by molar-refractivity contribution is 6.31. The van der Waals surface area contributed by atoms with Gasteiger partial charge in [0.05, 0.1) is 12.8 Å². The Morgan fingerprint density at radius 2 is 1.96 bits per heavy atom. The number of nitrogens with one attached hydrogen (secondary N) is 2. The third kappa shape index (κ3) is 4.78. The van der Waals surface area contributed by atoms with Gasteiger partial charge in [-0.25, -0.2) is 0 Å². The summed E-state index contributed by atoms with van der Waals surface area (Å²) in [6, 6.07) is 14.5. The fraction of sp³-hybridized carbons (Fsp3) is 0.200. The molecule has 0 aromatic heterocycles. The first kappa shape index (κ1) is 19.4. The van der Waals surface area contributed by atoms with Crippen LogP contribution in [0.3, 0.4) is 0 Å². The molecule has 6 heteroatoms. The number of benzene rings is 2. The van der Waals surface area contributed by atoms with Crippen LogP contribution in [0.25, 0.3) is 0 Å². The van der Waals surface area contributed by atoms with Crippen molar-refractivity contribution < 1.29 is 9.53 Å². The van der Waals surface area contributed by atoms with E-state index in [0.29, 0.717) is 22.4 Å². The molecule has 26 heavy (non-hydrogen) atoms. The maximum Gasteiger partial charge on any atom is 0.267 e. The second-order valence-electron chi connectivity index (χ2n) is 5.85. The summed E-state index contributed by atoms with van der Waals surface area (Å²) in [6.07, 6.45) is 1.40. The van der Waals surface area contributed by atoms with E-state index in [9.17, 15) is 10.1 Å². The van der Waals surface area contributed by atoms with Gasteiger partial charge in [-0.2, -0.15) is 5.26 Å². The number of anilines is 2. The first-order chi connectivity index (χ1) is 12.5. The van der Waals surface area contributed by atoms with E-state index in [4.69, 9.17) is 16.3 Å². The highest BCUT2D eigenvalue weighted by Gasteiger charge is 2.13. The second kappa shape index (κ2) is 8.93. The van der Waals surface area contributed by atoms with E-state index in [1.54, 1.807) is 18.2 Å². The predicted octanol–water partition coefficient (Wildman–Crippen LogP) is 4.93. The van der Waals surface area contributed by atoms with Crippen LogP contribution in [0.1, 0.15) is 25.3 Å². The minimum absolute atomic E-state index is 0.0643. The number of amides is 1. The topological polar surface area (TPSA) is 74.1 Å². The molecule has 5 nitrogen and oxygen atoms in total. The van der Waals surface area contributed by atoms with Crippen LogP contribution in [0.15, 0.2) is 54.2 Å². The quantitative estimate of drug-likeness (QED) is 0.559. The molecule has 0 saturated carbocycles. The van der Waals surface area contributed by atoms with Crippen molar-refractivity contribution in [3.05, 3.63) is 64.8 Å². The smallest absolute Gasteiger partial charge is 0.267 e. The summed E-state index contributed by atoms with van der Waals surface area (Å²) in [5.41, 5.74) is 2.28. The summed E-state index contributed by atoms with van der Waals surface area (Å²) in [6.45, 7) is 4.15. The van der Waals surface area contributed by atoms with Gasteiger partial charge < -0.3 is 15.4 Å². The lowest BCUT2D eigenvalue weighted by Crippen LogP contribution is -2.15. The number of nitriles is 1. The summed E-state index contributed by atoms with van der Waals surface area (Å²) in [5.74, 6) is 0.211. The molecule has 0 aliphatic heterocycles. The Labute approximate surface area is 158 Å². The fourth-order valence-corrected chi connectivity index (χ4v) is 2.57. The molecule has 2 N–H and O–H groups in total. The van der Waals surface area contributed by atoms with Crippen LogP contribution in [-0.4, -0.2) is 13.0 Å². The zero-order valence-corrected chi connectivity index (χ0v) is 15.6. The number of carbonyl (C=O) groups is 1. The number of hydrogen-bond donors (Lipinski definition) is 2. The van der Waals surface area contributed by atoms with E-state index in [-0.39, 0.29) is 5.57 Å². The Morgan fingerprint density at radius 1 is 1.23 bits per heavy atom. The lowest BCUT2D eigenvalue weighted by molar-refractivity contribution is -0.112. The van der Waals surface area contributed by atoms with Gasteiger partial charge >= 0.3 is 0 Å². The molecule has 2 aromatic rings. The van der Waals surface area contributed by atoms with Gasteiger partial charge in [0.25, 0.3) is 5.91 Å². The van der Waals surface area contributed by atoms with Gasteiger partial charge in [0.2, 0.25) is 0 Å². The first-order valence-electron chi connectivity index (χ1n) is 8.07. The number of hydrogen-bond acceptors (Lipinski definition) is 4. The van der Waals surface area contributed by atoms with Crippen molar-refractivity contribution in [2.45, 2.75) is 19.8 Å². The summed E-state index contributed by atoms with van der Waals surface area (Å²) in [4.78, 5) is 12.4. The molecule has 134 valence electrons. The van der Waals surface area contributed by atoms with Gasteiger partial charge in [-0.15, -0.1) is 0 Å². The second-order valence-corrected chi connectivity index (χ2v) is 6.29. The Hall–Kier alpha value is -2.97. The predicted molar refractivity (Wildman–Crippen MR) is 104 cm³/mol. The van der Waals surface area contributed by atoms with Crippen LogP contribution < -0.4 is 15.4 Å². The fourth-order valence-electron chi connectivity index (χ4n) is 2.40. The molecular weight excluding hydrogens is 350 g/mol. The van der Waals surface area contributed by atoms with E-state index in [2.05, 4.69) is 24.5 Å². The highest BCUT2D eigenvalue weighted by Crippen LogP contribution is 2.28. The van der Waals surface area contributed by atoms with E-state index < -0.39 is 5.91 Å². The van der Waals surface area contributed by atoms with E-state index in [1.807, 2.05) is 30.3 Å². The lowest BCUT2D eigenvalue weighted by atomic mass is 10.0. The molecule has 1 amide bonds. The molecule has 0 aliphatic carbocycles. The van der Waals surface area contributed by atoms with Crippen molar-refractivity contribution in [2.24, 2.45) is 0 Å². The molecule has 0 spiro atoms. The molecule has 0 radical (unpaired) electrons. The summed E-state index contributed by atoms with van der Waals surface area (Å²) in [5, 5.41) is 15.5. The standard InChI is InChI=1S/C20H20ClN3O2/c1-13(2)16-6-4-5-7-17(16)23-12-14(11-22)20(25)24-18-10-15(21)8-9-19(18)26-3/h4-10,12-13,23H,1-3H3,(H,24,25)/b14-12-. The normalized spacial score (nSPS) is 11.0. The molecular formula is C20H20ClN3O2. The van der Waals surface area contributed by atoms with Crippen LogP contribution in [0.2, 0.25) is 5.02 Å². The third-order valence-corrected chi connectivity index (χ3v) is 3.96. The molecule has 0 heterocycles. The Morgan fingerprint density at radius 3 is 2.62 bits per heavy atom. The Kier molecular flexibility index (Phi) is 6.65. The van der Waals surface area contributed by atoms with E-state index in [1.165, 1.54) is 13.3 Å². The van der Waals surface area contributed by atoms with E-state index in [0.717, 1.165) is 11.3 Å². The van der Waals surface area contributed by atoms with Crippen molar-refractivity contribution in [3.8, 4) is 11.8 Å². The molecule has 0 bridgehead atoms. The summed E-state index contributed by atoms with van der Waals surface area (Å²) < 4.78 is 5.19. The minimum atomic E-state index is -0.553. The van der Waals surface area contributed by atoms with Crippen LogP contribution in [0, 0.1) is 11.3 Å². The van der Waals surface area contributed by atoms with Gasteiger partial charge in [-0.05, 0) is 35.7 Å². The minimum Gasteiger partial charge on any atom is -0.495 e. The summed E-state index contributed by atoms with van der Waals surface area (Å²) in [7, 11) is 1.49. The molecule has 0 atom stereocenters. The van der Waals surface area contributed by atoms with Crippen molar-refractivity contribution in [1.29, 1.82) is 5.26 Å². The van der Waals surface area contributed by atoms with Crippen molar-refractivity contribution in [2.75, 3.05) is 17.7 Å². The maximum absolute atomic E-state index is 12.4. The largest absolute Gasteiger partial charge is 0.495 e. The monoisotopic (exact) mass is 369 g/mol. The first-order valence-corrected chi connectivity index (χ1v) is 8.44. The Bertz CT molecular complexity index is 870. The van der Waals surface area contributed by atoms with Gasteiger partial charge in [0, 0.05) is 16.9 Å². The van der Waals surface area contributed by atoms with Gasteiger partial charge in [0.1, 0.15) is 17.4 Å². The average molecular weight is 370 g/mol. The van der Waals surface area contributed by atoms with Crippen molar-refractivity contribution in [3.63, 3.8) is 0 Å². The summed E-state index contributed by atoms with van der Waals surface area (Å²) >= 11 is 5.96. The Balaban J connectivity index is 2.21. The van der Waals surface area contributed by atoms with Crippen molar-refractivity contribution >= 4 is 28.9 Å². The number of ether oxygens (including phenoxy) is 1. The number of nitrogens with zero attached hydrogens (tertiary/aromatic N) is 1. The van der Waals surface area contributed by atoms with Crippen LogP contribution in [0.5, 0.6) is 5.75 Å². The highest BCUT2D eigenvalue weighted by atomic mass is 35.5. The third-order valence-electron chi connectivity index (χ3n) is 3.73. The van der Waals surface area contributed by atoms with E-state index >= 15 is 0 Å². The molecule has 2 aromatic carbocycles. The maximum atomic E-state index is 12.4. The van der Waals surface area contributed by atoms with Crippen LogP contribution in [0.4, 0.5) is 11.4 Å². The van der Waals surface area contributed by atoms with Gasteiger partial charge in [0.15, 0.2) is 0 Å². The van der Waals surface area contributed by atoms with Gasteiger partial charge in [-0.1, -0.05) is 43.6 Å². The van der Waals surface area contributed by atoms with Crippen molar-refractivity contribution in [1.82, 2.24) is 0 Å². The number of para-hydroxylation sites is 1. The molecule has 0 unspecified atom stereocenters. The number of halogens is 1. The zero-order chi connectivity index (χ0) is 19.1. The number of rotatable bonds is 6. The molecule has 0 saturated heterocycles.